The van der Waals surface area contributed by atoms with E-state index in [4.69, 9.17) is 11.6 Å². The Bertz CT molecular complexity index is 502. The van der Waals surface area contributed by atoms with Crippen molar-refractivity contribution < 1.29 is 0 Å². The Hall–Kier alpha value is -0.490. The van der Waals surface area contributed by atoms with Crippen molar-refractivity contribution in [3.8, 4) is 0 Å². The van der Waals surface area contributed by atoms with E-state index in [1.54, 1.807) is 0 Å². The van der Waals surface area contributed by atoms with E-state index in [2.05, 4.69) is 34.7 Å². The van der Waals surface area contributed by atoms with Crippen LogP contribution in [0.2, 0.25) is 5.02 Å². The van der Waals surface area contributed by atoms with Crippen LogP contribution in [0.4, 0.5) is 0 Å². The second-order valence-corrected chi connectivity index (χ2v) is 6.25. The van der Waals surface area contributed by atoms with Gasteiger partial charge in [-0.05, 0) is 49.8 Å². The third kappa shape index (κ3) is 5.02. The average Bonchev–Trinajstić information content (AvgIpc) is 3.32. The molecule has 0 saturated heterocycles. The summed E-state index contributed by atoms with van der Waals surface area (Å²) in [5.41, 5.74) is 1.33. The molecule has 21 heavy (non-hydrogen) atoms. The Balaban J connectivity index is 0.00000161. The predicted molar refractivity (Wildman–Crippen MR) is 99.9 cm³/mol. The molecule has 2 aliphatic carbocycles. The molecule has 2 unspecified atom stereocenters. The normalized spacial score (nSPS) is 24.2. The van der Waals surface area contributed by atoms with Gasteiger partial charge in [0.2, 0.25) is 0 Å². The van der Waals surface area contributed by atoms with Crippen molar-refractivity contribution in [3.05, 3.63) is 34.9 Å². The zero-order chi connectivity index (χ0) is 13.9. The molecule has 0 bridgehead atoms. The van der Waals surface area contributed by atoms with Crippen molar-refractivity contribution in [1.82, 2.24) is 10.6 Å². The summed E-state index contributed by atoms with van der Waals surface area (Å²) in [6, 6.07) is 8.68. The third-order valence-corrected chi connectivity index (χ3v) is 4.17. The molecule has 2 saturated carbocycles. The first-order chi connectivity index (χ1) is 9.76. The summed E-state index contributed by atoms with van der Waals surface area (Å²) < 4.78 is 0. The van der Waals surface area contributed by atoms with Crippen LogP contribution in [0, 0.1) is 5.92 Å². The minimum Gasteiger partial charge on any atom is -0.357 e. The lowest BCUT2D eigenvalue weighted by atomic mass is 10.1. The van der Waals surface area contributed by atoms with Crippen molar-refractivity contribution in [2.24, 2.45) is 10.9 Å². The molecule has 3 nitrogen and oxygen atoms in total. The fraction of sp³-hybridized carbons (Fsp3) is 0.562. The topological polar surface area (TPSA) is 36.4 Å². The van der Waals surface area contributed by atoms with Crippen LogP contribution < -0.4 is 10.6 Å². The molecule has 1 aromatic rings. The lowest BCUT2D eigenvalue weighted by Gasteiger charge is -2.11. The van der Waals surface area contributed by atoms with E-state index in [1.165, 1.54) is 18.4 Å². The second kappa shape index (κ2) is 7.68. The van der Waals surface area contributed by atoms with Gasteiger partial charge in [0.25, 0.3) is 0 Å². The van der Waals surface area contributed by atoms with Gasteiger partial charge in [-0.2, -0.15) is 0 Å². The van der Waals surface area contributed by atoms with Crippen molar-refractivity contribution in [2.75, 3.05) is 13.1 Å². The number of rotatable bonds is 5. The first-order valence-electron chi connectivity index (χ1n) is 7.56. The number of hydrogen-bond acceptors (Lipinski definition) is 1. The van der Waals surface area contributed by atoms with Crippen molar-refractivity contribution in [1.29, 1.82) is 0 Å². The molecule has 1 aromatic carbocycles. The Labute approximate surface area is 149 Å². The van der Waals surface area contributed by atoms with Crippen molar-refractivity contribution >= 4 is 41.5 Å². The van der Waals surface area contributed by atoms with Crippen LogP contribution in [0.15, 0.2) is 29.3 Å². The molecule has 0 heterocycles. The van der Waals surface area contributed by atoms with Crippen LogP contribution in [0.5, 0.6) is 0 Å². The number of halogens is 2. The number of guanidine groups is 1. The van der Waals surface area contributed by atoms with E-state index in [1.807, 2.05) is 12.1 Å². The Morgan fingerprint density at radius 1 is 1.38 bits per heavy atom. The van der Waals surface area contributed by atoms with E-state index < -0.39 is 0 Å². The summed E-state index contributed by atoms with van der Waals surface area (Å²) in [4.78, 5) is 4.67. The maximum Gasteiger partial charge on any atom is 0.191 e. The zero-order valence-corrected chi connectivity index (χ0v) is 15.4. The Kier molecular flexibility index (Phi) is 6.17. The molecule has 0 amide bonds. The standard InChI is InChI=1S/C16H22ClN3.HI/c1-2-18-16(19-10-11-6-7-11)20-15-9-14(15)12-4-3-5-13(17)8-12;/h3-5,8,11,14-15H,2,6-7,9-10H2,1H3,(H2,18,19,20);1H. The molecular formula is C16H23ClIN3. The fourth-order valence-electron chi connectivity index (χ4n) is 2.48. The minimum absolute atomic E-state index is 0. The van der Waals surface area contributed by atoms with Gasteiger partial charge in [0.15, 0.2) is 5.96 Å². The molecule has 2 fully saturated rings. The number of benzene rings is 1. The van der Waals surface area contributed by atoms with Crippen LogP contribution in [0.25, 0.3) is 0 Å². The molecule has 0 spiro atoms. The van der Waals surface area contributed by atoms with Crippen LogP contribution in [0.1, 0.15) is 37.7 Å². The van der Waals surface area contributed by atoms with Gasteiger partial charge in [-0.15, -0.1) is 24.0 Å². The first-order valence-corrected chi connectivity index (χ1v) is 7.94. The molecule has 0 radical (unpaired) electrons. The van der Waals surface area contributed by atoms with Crippen molar-refractivity contribution in [3.63, 3.8) is 0 Å². The van der Waals surface area contributed by atoms with Gasteiger partial charge in [0.05, 0.1) is 0 Å². The highest BCUT2D eigenvalue weighted by molar-refractivity contribution is 14.0. The van der Waals surface area contributed by atoms with Gasteiger partial charge in [-0.1, -0.05) is 23.7 Å². The number of aliphatic imine (C=N–C) groups is 1. The summed E-state index contributed by atoms with van der Waals surface area (Å²) in [5, 5.41) is 7.69. The van der Waals surface area contributed by atoms with Gasteiger partial charge in [0.1, 0.15) is 0 Å². The SMILES string of the molecule is CCNC(=NCC1CC1)NC1CC1c1cccc(Cl)c1.I. The summed E-state index contributed by atoms with van der Waals surface area (Å²) >= 11 is 6.05. The van der Waals surface area contributed by atoms with E-state index in [0.717, 1.165) is 36.4 Å². The highest BCUT2D eigenvalue weighted by Gasteiger charge is 2.39. The highest BCUT2D eigenvalue weighted by Crippen LogP contribution is 2.41. The average molecular weight is 420 g/mol. The summed E-state index contributed by atoms with van der Waals surface area (Å²) in [7, 11) is 0. The number of hydrogen-bond donors (Lipinski definition) is 2. The minimum atomic E-state index is 0. The van der Waals surface area contributed by atoms with Crippen LogP contribution in [0.3, 0.4) is 0 Å². The summed E-state index contributed by atoms with van der Waals surface area (Å²) in [6.45, 7) is 3.98. The molecule has 2 aliphatic rings. The molecule has 116 valence electrons. The number of nitrogens with zero attached hydrogens (tertiary/aromatic N) is 1. The largest absolute Gasteiger partial charge is 0.357 e. The molecule has 3 rings (SSSR count). The predicted octanol–water partition coefficient (Wildman–Crippen LogP) is 3.78. The van der Waals surface area contributed by atoms with Crippen molar-refractivity contribution in [2.45, 2.75) is 38.1 Å². The lowest BCUT2D eigenvalue weighted by molar-refractivity contribution is 0.772. The van der Waals surface area contributed by atoms with Gasteiger partial charge in [-0.3, -0.25) is 4.99 Å². The van der Waals surface area contributed by atoms with Gasteiger partial charge in [-0.25, -0.2) is 0 Å². The lowest BCUT2D eigenvalue weighted by Crippen LogP contribution is -2.39. The molecule has 2 atom stereocenters. The fourth-order valence-corrected chi connectivity index (χ4v) is 2.68. The van der Waals surface area contributed by atoms with Crippen LogP contribution in [-0.2, 0) is 0 Å². The van der Waals surface area contributed by atoms with Gasteiger partial charge >= 0.3 is 0 Å². The number of nitrogens with one attached hydrogen (secondary N) is 2. The quantitative estimate of drug-likeness (QED) is 0.433. The summed E-state index contributed by atoms with van der Waals surface area (Å²) in [5.74, 6) is 2.36. The summed E-state index contributed by atoms with van der Waals surface area (Å²) in [6.07, 6.45) is 3.85. The van der Waals surface area contributed by atoms with Gasteiger partial charge in [0, 0.05) is 30.1 Å². The Morgan fingerprint density at radius 3 is 2.86 bits per heavy atom. The third-order valence-electron chi connectivity index (χ3n) is 3.94. The maximum atomic E-state index is 6.05. The smallest absolute Gasteiger partial charge is 0.191 e. The highest BCUT2D eigenvalue weighted by atomic mass is 127. The first kappa shape index (κ1) is 16.9. The zero-order valence-electron chi connectivity index (χ0n) is 12.3. The molecular weight excluding hydrogens is 397 g/mol. The monoisotopic (exact) mass is 419 g/mol. The van der Waals surface area contributed by atoms with E-state index in [-0.39, 0.29) is 24.0 Å². The Morgan fingerprint density at radius 2 is 2.19 bits per heavy atom. The van der Waals surface area contributed by atoms with E-state index in [0.29, 0.717) is 12.0 Å². The maximum absolute atomic E-state index is 6.05. The van der Waals surface area contributed by atoms with Crippen LogP contribution in [-0.4, -0.2) is 25.1 Å². The van der Waals surface area contributed by atoms with E-state index in [9.17, 15) is 0 Å². The molecule has 0 aliphatic heterocycles. The molecule has 2 N–H and O–H groups in total. The van der Waals surface area contributed by atoms with E-state index >= 15 is 0 Å². The van der Waals surface area contributed by atoms with Gasteiger partial charge < -0.3 is 10.6 Å². The second-order valence-electron chi connectivity index (χ2n) is 5.81. The molecule has 0 aromatic heterocycles. The van der Waals surface area contributed by atoms with Crippen LogP contribution >= 0.6 is 35.6 Å². The molecule has 5 heteroatoms.